The molecule has 1 heterocycles. The van der Waals surface area contributed by atoms with Gasteiger partial charge in [0.05, 0.1) is 31.8 Å². The minimum atomic E-state index is -8.72. The summed E-state index contributed by atoms with van der Waals surface area (Å²) >= 11 is 0. The third-order valence-corrected chi connectivity index (χ3v) is 9.49. The third kappa shape index (κ3) is 12.0. The van der Waals surface area contributed by atoms with E-state index in [2.05, 4.69) is 21.6 Å². The number of aryl methyl sites for hydroxylation is 1. The molecule has 0 aliphatic rings. The van der Waals surface area contributed by atoms with Gasteiger partial charge in [-0.05, 0) is 92.6 Å². The van der Waals surface area contributed by atoms with Gasteiger partial charge in [0.1, 0.15) is 11.5 Å². The lowest BCUT2D eigenvalue weighted by Gasteiger charge is -2.42. The fourth-order valence-corrected chi connectivity index (χ4v) is 5.60. The van der Waals surface area contributed by atoms with Crippen LogP contribution in [0.1, 0.15) is 87.1 Å². The zero-order valence-corrected chi connectivity index (χ0v) is 33.1. The molecule has 0 fully saturated rings. The number of carbonyl (C=O) groups is 1. The van der Waals surface area contributed by atoms with Crippen LogP contribution in [0.25, 0.3) is 11.4 Å². The van der Waals surface area contributed by atoms with Crippen LogP contribution in [0.4, 0.5) is 74.6 Å². The lowest BCUT2D eigenvalue weighted by Crippen LogP contribution is -2.74. The van der Waals surface area contributed by atoms with Crippen LogP contribution in [0.5, 0.6) is 11.5 Å². The molecule has 0 aliphatic carbocycles. The Morgan fingerprint density at radius 2 is 0.937 bits per heavy atom. The first kappa shape index (κ1) is 52.7. The fraction of sp³-hybridized carbons (Fsp3) is 0.575. The number of hydrogen-bond donors (Lipinski definition) is 0. The molecule has 6 nitrogen and oxygen atoms in total. The minimum Gasteiger partial charge on any atom is -0.494 e. The number of rotatable bonds is 26. The summed E-state index contributed by atoms with van der Waals surface area (Å²) in [4.78, 5) is 21.1. The summed E-state index contributed by atoms with van der Waals surface area (Å²) < 4.78 is 244. The van der Waals surface area contributed by atoms with Gasteiger partial charge in [-0.1, -0.05) is 32.6 Å². The molecule has 63 heavy (non-hydrogen) atoms. The number of carbonyl (C=O) groups excluding carboxylic acids is 1. The van der Waals surface area contributed by atoms with Crippen molar-refractivity contribution in [3.8, 4) is 22.9 Å². The van der Waals surface area contributed by atoms with Gasteiger partial charge in [0.25, 0.3) is 0 Å². The van der Waals surface area contributed by atoms with Crippen molar-refractivity contribution in [2.24, 2.45) is 0 Å². The van der Waals surface area contributed by atoms with Gasteiger partial charge in [-0.3, -0.25) is 0 Å². The maximum absolute atomic E-state index is 14.1. The SMILES string of the molecule is CCCCCCCc1cnc(-c2ccc(OCCCCCCOc3ccc(C(=O)OCCC(F)(F)C(F)(F)C(F)(F)C(F)(F)C(F)(F)C(F)(F)C(F)(F)C(F)(F)F)cc3)cc2)nc1. The largest absolute Gasteiger partial charge is 0.494 e. The molecule has 0 aliphatic heterocycles. The van der Waals surface area contributed by atoms with Gasteiger partial charge in [0.2, 0.25) is 0 Å². The highest BCUT2D eigenvalue weighted by Gasteiger charge is 2.95. The Kier molecular flexibility index (Phi) is 17.5. The summed E-state index contributed by atoms with van der Waals surface area (Å²) in [6, 6.07) is 11.6. The summed E-state index contributed by atoms with van der Waals surface area (Å²) in [5.41, 5.74) is 1.43. The van der Waals surface area contributed by atoms with Crippen molar-refractivity contribution in [3.63, 3.8) is 0 Å². The Morgan fingerprint density at radius 3 is 1.41 bits per heavy atom. The predicted molar refractivity (Wildman–Crippen MR) is 191 cm³/mol. The average molecular weight is 937 g/mol. The second-order valence-electron chi connectivity index (χ2n) is 14.3. The summed E-state index contributed by atoms with van der Waals surface area (Å²) in [6.07, 6.45) is 2.57. The zero-order valence-electron chi connectivity index (χ0n) is 33.1. The first-order chi connectivity index (χ1) is 29.1. The van der Waals surface area contributed by atoms with E-state index >= 15 is 0 Å². The first-order valence-electron chi connectivity index (χ1n) is 19.2. The molecule has 23 heteroatoms. The Morgan fingerprint density at radius 1 is 0.508 bits per heavy atom. The average Bonchev–Trinajstić information content (AvgIpc) is 3.21. The van der Waals surface area contributed by atoms with E-state index in [0.29, 0.717) is 31.0 Å². The zero-order chi connectivity index (χ0) is 47.5. The molecule has 0 spiro atoms. The number of halogens is 17. The molecule has 354 valence electrons. The Hall–Kier alpha value is -4.60. The van der Waals surface area contributed by atoms with Crippen molar-refractivity contribution < 1.29 is 93.6 Å². The van der Waals surface area contributed by atoms with Crippen molar-refractivity contribution >= 4 is 5.97 Å². The number of nitrogens with zero attached hydrogens (tertiary/aromatic N) is 2. The van der Waals surface area contributed by atoms with Crippen molar-refractivity contribution in [1.82, 2.24) is 9.97 Å². The Balaban J connectivity index is 1.39. The topological polar surface area (TPSA) is 70.5 Å². The molecular formula is C40H41F17N2O4. The molecule has 3 rings (SSSR count). The molecule has 0 saturated carbocycles. The highest BCUT2D eigenvalue weighted by Crippen LogP contribution is 2.64. The molecule has 1 aromatic heterocycles. The smallest absolute Gasteiger partial charge is 0.460 e. The van der Waals surface area contributed by atoms with Gasteiger partial charge in [-0.2, -0.15) is 74.6 Å². The van der Waals surface area contributed by atoms with E-state index in [1.807, 2.05) is 36.7 Å². The lowest BCUT2D eigenvalue weighted by molar-refractivity contribution is -0.461. The molecule has 3 aromatic rings. The van der Waals surface area contributed by atoms with E-state index < -0.39 is 72.2 Å². The van der Waals surface area contributed by atoms with Gasteiger partial charge >= 0.3 is 53.6 Å². The van der Waals surface area contributed by atoms with Crippen LogP contribution in [0, 0.1) is 0 Å². The van der Waals surface area contributed by atoms with Crippen molar-refractivity contribution in [2.45, 2.75) is 125 Å². The molecule has 2 aromatic carbocycles. The van der Waals surface area contributed by atoms with Crippen LogP contribution in [0.3, 0.4) is 0 Å². The normalized spacial score (nSPS) is 13.6. The van der Waals surface area contributed by atoms with Gasteiger partial charge in [-0.25, -0.2) is 14.8 Å². The van der Waals surface area contributed by atoms with E-state index in [-0.39, 0.29) is 12.4 Å². The van der Waals surface area contributed by atoms with Crippen LogP contribution < -0.4 is 9.47 Å². The van der Waals surface area contributed by atoms with Crippen LogP contribution in [-0.4, -0.2) is 83.4 Å². The van der Waals surface area contributed by atoms with Gasteiger partial charge in [0.15, 0.2) is 5.82 Å². The maximum Gasteiger partial charge on any atom is 0.460 e. The second-order valence-corrected chi connectivity index (χ2v) is 14.3. The van der Waals surface area contributed by atoms with Crippen LogP contribution in [-0.2, 0) is 11.2 Å². The quantitative estimate of drug-likeness (QED) is 0.0454. The number of hydrogen-bond acceptors (Lipinski definition) is 6. The van der Waals surface area contributed by atoms with Crippen molar-refractivity contribution in [1.29, 1.82) is 0 Å². The number of aromatic nitrogens is 2. The van der Waals surface area contributed by atoms with E-state index in [1.54, 1.807) is 0 Å². The molecular weight excluding hydrogens is 895 g/mol. The lowest BCUT2D eigenvalue weighted by atomic mass is 9.88. The van der Waals surface area contributed by atoms with Crippen molar-refractivity contribution in [3.05, 3.63) is 72.1 Å². The van der Waals surface area contributed by atoms with E-state index in [0.717, 1.165) is 61.1 Å². The van der Waals surface area contributed by atoms with Gasteiger partial charge in [-0.15, -0.1) is 0 Å². The van der Waals surface area contributed by atoms with E-state index in [4.69, 9.17) is 9.47 Å². The minimum absolute atomic E-state index is 0.169. The fourth-order valence-electron chi connectivity index (χ4n) is 5.60. The van der Waals surface area contributed by atoms with Crippen molar-refractivity contribution in [2.75, 3.05) is 19.8 Å². The van der Waals surface area contributed by atoms with E-state index in [9.17, 15) is 79.4 Å². The van der Waals surface area contributed by atoms with Crippen LogP contribution in [0.15, 0.2) is 60.9 Å². The second kappa shape index (κ2) is 20.9. The molecule has 0 amide bonds. The van der Waals surface area contributed by atoms with Crippen LogP contribution in [0.2, 0.25) is 0 Å². The molecule has 0 bridgehead atoms. The Bertz CT molecular complexity index is 1870. The monoisotopic (exact) mass is 936 g/mol. The number of unbranched alkanes of at least 4 members (excludes halogenated alkanes) is 7. The molecule has 0 saturated heterocycles. The summed E-state index contributed by atoms with van der Waals surface area (Å²) in [5.74, 6) is -57.3. The summed E-state index contributed by atoms with van der Waals surface area (Å²) in [6.45, 7) is 0.752. The van der Waals surface area contributed by atoms with Gasteiger partial charge in [0, 0.05) is 18.0 Å². The first-order valence-corrected chi connectivity index (χ1v) is 19.2. The van der Waals surface area contributed by atoms with E-state index in [1.165, 1.54) is 25.7 Å². The highest BCUT2D eigenvalue weighted by atomic mass is 19.4. The van der Waals surface area contributed by atoms with Crippen LogP contribution >= 0.6 is 0 Å². The molecule has 0 atom stereocenters. The summed E-state index contributed by atoms with van der Waals surface area (Å²) in [5, 5.41) is 0. The number of ether oxygens (including phenoxy) is 3. The summed E-state index contributed by atoms with van der Waals surface area (Å²) in [7, 11) is 0. The number of esters is 1. The third-order valence-electron chi connectivity index (χ3n) is 9.49. The number of benzene rings is 2. The predicted octanol–water partition coefficient (Wildman–Crippen LogP) is 13.2. The molecule has 0 unspecified atom stereocenters. The molecule has 0 N–H and O–H groups in total. The standard InChI is InChI=1S/C40H41F17N2O4/c1-2-3-4-5-8-11-26-24-58-31(59-25-26)27-12-16-29(17-13-27)61-21-9-6-7-10-22-62-30-18-14-28(15-19-30)32(60)63-23-20-33(41,42)34(43,44)35(45,46)36(47,48)37(49,50)38(51,52)39(53,54)40(55,56)57/h12-19,24-25H,2-11,20-23H2,1H3. The van der Waals surface area contributed by atoms with Gasteiger partial charge < -0.3 is 14.2 Å². The Labute approximate surface area is 349 Å². The number of alkyl halides is 17. The highest BCUT2D eigenvalue weighted by molar-refractivity contribution is 5.89. The maximum atomic E-state index is 14.1. The molecule has 0 radical (unpaired) electrons.